The molecule has 0 aliphatic heterocycles. The van der Waals surface area contributed by atoms with Gasteiger partial charge in [0.25, 0.3) is 0 Å². The van der Waals surface area contributed by atoms with E-state index in [-0.39, 0.29) is 11.9 Å². The van der Waals surface area contributed by atoms with Crippen molar-refractivity contribution in [1.29, 1.82) is 0 Å². The summed E-state index contributed by atoms with van der Waals surface area (Å²) in [5.74, 6) is 0.633. The van der Waals surface area contributed by atoms with E-state index in [4.69, 9.17) is 0 Å². The third-order valence-corrected chi connectivity index (χ3v) is 4.50. The van der Waals surface area contributed by atoms with E-state index < -0.39 is 9.84 Å². The maximum atomic E-state index is 11.6. The Labute approximate surface area is 150 Å². The van der Waals surface area contributed by atoms with Gasteiger partial charge in [0.1, 0.15) is 0 Å². The second-order valence-corrected chi connectivity index (χ2v) is 8.08. The Hall–Kier alpha value is -2.09. The van der Waals surface area contributed by atoms with Crippen LogP contribution in [0.2, 0.25) is 0 Å². The van der Waals surface area contributed by atoms with Crippen molar-refractivity contribution in [2.75, 3.05) is 26.4 Å². The van der Waals surface area contributed by atoms with Crippen LogP contribution in [0.4, 0.5) is 0 Å². The Morgan fingerprint density at radius 3 is 2.24 bits per heavy atom. The molecule has 7 nitrogen and oxygen atoms in total. The van der Waals surface area contributed by atoms with E-state index in [0.29, 0.717) is 30.4 Å². The number of nitrogens with one attached hydrogen (secondary N) is 3. The number of nitrogens with zero attached hydrogens (tertiary/aromatic N) is 1. The van der Waals surface area contributed by atoms with Crippen molar-refractivity contribution in [2.45, 2.75) is 37.6 Å². The van der Waals surface area contributed by atoms with Crippen molar-refractivity contribution in [3.05, 3.63) is 29.8 Å². The van der Waals surface area contributed by atoms with Crippen molar-refractivity contribution in [2.24, 2.45) is 4.99 Å². The zero-order valence-corrected chi connectivity index (χ0v) is 16.1. The summed E-state index contributed by atoms with van der Waals surface area (Å²) in [6.45, 7) is 5.00. The van der Waals surface area contributed by atoms with E-state index in [9.17, 15) is 13.2 Å². The first-order valence-electron chi connectivity index (χ1n) is 8.25. The summed E-state index contributed by atoms with van der Waals surface area (Å²) in [5, 5.41) is 9.09. The molecule has 0 aromatic heterocycles. The molecule has 3 N–H and O–H groups in total. The third-order valence-electron chi connectivity index (χ3n) is 3.38. The molecule has 0 heterocycles. The highest BCUT2D eigenvalue weighted by Crippen LogP contribution is 2.10. The lowest BCUT2D eigenvalue weighted by atomic mass is 10.1. The first-order valence-corrected chi connectivity index (χ1v) is 10.1. The van der Waals surface area contributed by atoms with E-state index in [2.05, 4.69) is 20.9 Å². The van der Waals surface area contributed by atoms with E-state index in [1.165, 1.54) is 6.26 Å². The average molecular weight is 369 g/mol. The van der Waals surface area contributed by atoms with Gasteiger partial charge in [-0.25, -0.2) is 8.42 Å². The van der Waals surface area contributed by atoms with E-state index in [1.807, 2.05) is 26.0 Å². The van der Waals surface area contributed by atoms with Crippen molar-refractivity contribution < 1.29 is 13.2 Å². The number of rotatable bonds is 8. The highest BCUT2D eigenvalue weighted by atomic mass is 32.2. The number of carbonyl (C=O) groups is 1. The summed E-state index contributed by atoms with van der Waals surface area (Å²) >= 11 is 0. The van der Waals surface area contributed by atoms with Crippen LogP contribution in [0.5, 0.6) is 0 Å². The van der Waals surface area contributed by atoms with Crippen LogP contribution >= 0.6 is 0 Å². The van der Waals surface area contributed by atoms with Gasteiger partial charge in [0.2, 0.25) is 5.91 Å². The van der Waals surface area contributed by atoms with Crippen LogP contribution in [0.3, 0.4) is 0 Å². The molecule has 0 aliphatic rings. The maximum absolute atomic E-state index is 11.6. The number of hydrogen-bond donors (Lipinski definition) is 3. The van der Waals surface area contributed by atoms with Gasteiger partial charge in [-0.2, -0.15) is 0 Å². The number of aliphatic imine (C=N–C) groups is 1. The number of guanidine groups is 1. The van der Waals surface area contributed by atoms with Gasteiger partial charge in [-0.15, -0.1) is 0 Å². The SMILES string of the molecule is CN=C(NCCC(=O)NC(C)C)NCCc1ccc(S(C)(=O)=O)cc1. The topological polar surface area (TPSA) is 99.7 Å². The number of benzene rings is 1. The summed E-state index contributed by atoms with van der Waals surface area (Å²) in [7, 11) is -1.49. The molecule has 0 aliphatic carbocycles. The fourth-order valence-corrected chi connectivity index (χ4v) is 2.77. The first-order chi connectivity index (χ1) is 11.7. The zero-order valence-electron chi connectivity index (χ0n) is 15.3. The molecule has 0 saturated heterocycles. The minimum atomic E-state index is -3.16. The lowest BCUT2D eigenvalue weighted by molar-refractivity contribution is -0.121. The normalized spacial score (nSPS) is 12.1. The third kappa shape index (κ3) is 8.53. The van der Waals surface area contributed by atoms with Gasteiger partial charge in [0.15, 0.2) is 15.8 Å². The monoisotopic (exact) mass is 368 g/mol. The van der Waals surface area contributed by atoms with E-state index in [1.54, 1.807) is 19.2 Å². The molecule has 8 heteroatoms. The second-order valence-electron chi connectivity index (χ2n) is 6.06. The molecular formula is C17H28N4O3S. The Morgan fingerprint density at radius 2 is 1.72 bits per heavy atom. The highest BCUT2D eigenvalue weighted by Gasteiger charge is 2.06. The van der Waals surface area contributed by atoms with Crippen molar-refractivity contribution in [3.8, 4) is 0 Å². The smallest absolute Gasteiger partial charge is 0.221 e. The van der Waals surface area contributed by atoms with Crippen molar-refractivity contribution in [3.63, 3.8) is 0 Å². The molecule has 0 radical (unpaired) electrons. The van der Waals surface area contributed by atoms with Crippen LogP contribution in [0.1, 0.15) is 25.8 Å². The zero-order chi connectivity index (χ0) is 18.9. The van der Waals surface area contributed by atoms with Crippen LogP contribution in [-0.2, 0) is 21.1 Å². The number of sulfone groups is 1. The summed E-state index contributed by atoms with van der Waals surface area (Å²) in [6.07, 6.45) is 2.31. The quantitative estimate of drug-likeness (QED) is 0.464. The van der Waals surface area contributed by atoms with Gasteiger partial charge in [0, 0.05) is 38.9 Å². The molecule has 0 saturated carbocycles. The maximum Gasteiger partial charge on any atom is 0.221 e. The molecule has 140 valence electrons. The van der Waals surface area contributed by atoms with Crippen molar-refractivity contribution >= 4 is 21.7 Å². The first kappa shape index (κ1) is 21.0. The summed E-state index contributed by atoms with van der Waals surface area (Å²) < 4.78 is 22.9. The summed E-state index contributed by atoms with van der Waals surface area (Å²) in [5.41, 5.74) is 1.03. The molecule has 0 atom stereocenters. The van der Waals surface area contributed by atoms with Gasteiger partial charge in [-0.3, -0.25) is 9.79 Å². The predicted molar refractivity (Wildman–Crippen MR) is 101 cm³/mol. The van der Waals surface area contributed by atoms with Crippen LogP contribution < -0.4 is 16.0 Å². The van der Waals surface area contributed by atoms with Gasteiger partial charge >= 0.3 is 0 Å². The molecule has 1 aromatic carbocycles. The minimum Gasteiger partial charge on any atom is -0.356 e. The Balaban J connectivity index is 2.34. The fraction of sp³-hybridized carbons (Fsp3) is 0.529. The Morgan fingerprint density at radius 1 is 1.12 bits per heavy atom. The lowest BCUT2D eigenvalue weighted by Crippen LogP contribution is -2.40. The van der Waals surface area contributed by atoms with E-state index in [0.717, 1.165) is 12.0 Å². The Bertz CT molecular complexity index is 682. The molecule has 25 heavy (non-hydrogen) atoms. The number of amides is 1. The van der Waals surface area contributed by atoms with Gasteiger partial charge < -0.3 is 16.0 Å². The standard InChI is InChI=1S/C17H28N4O3S/c1-13(2)21-16(22)10-12-20-17(18-3)19-11-9-14-5-7-15(8-6-14)25(4,23)24/h5-8,13H,9-12H2,1-4H3,(H,21,22)(H2,18,19,20). The van der Waals surface area contributed by atoms with Crippen LogP contribution in [0.25, 0.3) is 0 Å². The van der Waals surface area contributed by atoms with E-state index >= 15 is 0 Å². The van der Waals surface area contributed by atoms with Crippen molar-refractivity contribution in [1.82, 2.24) is 16.0 Å². The molecule has 1 rings (SSSR count). The van der Waals surface area contributed by atoms with Crippen LogP contribution in [-0.4, -0.2) is 52.7 Å². The molecule has 0 unspecified atom stereocenters. The van der Waals surface area contributed by atoms with Gasteiger partial charge in [0.05, 0.1) is 4.90 Å². The van der Waals surface area contributed by atoms with Crippen LogP contribution in [0.15, 0.2) is 34.2 Å². The molecule has 0 fully saturated rings. The predicted octanol–water partition coefficient (Wildman–Crippen LogP) is 0.712. The molecule has 0 bridgehead atoms. The molecular weight excluding hydrogens is 340 g/mol. The second kappa shape index (κ2) is 10.0. The molecule has 1 aromatic rings. The molecule has 1 amide bonds. The fourth-order valence-electron chi connectivity index (χ4n) is 2.14. The average Bonchev–Trinajstić information content (AvgIpc) is 2.52. The van der Waals surface area contributed by atoms with Crippen LogP contribution in [0, 0.1) is 0 Å². The summed E-state index contributed by atoms with van der Waals surface area (Å²) in [6, 6.07) is 6.99. The highest BCUT2D eigenvalue weighted by molar-refractivity contribution is 7.90. The lowest BCUT2D eigenvalue weighted by Gasteiger charge is -2.13. The number of carbonyl (C=O) groups excluding carboxylic acids is 1. The number of hydrogen-bond acceptors (Lipinski definition) is 4. The largest absolute Gasteiger partial charge is 0.356 e. The van der Waals surface area contributed by atoms with Gasteiger partial charge in [-0.1, -0.05) is 12.1 Å². The molecule has 0 spiro atoms. The Kier molecular flexibility index (Phi) is 8.40. The summed E-state index contributed by atoms with van der Waals surface area (Å²) in [4.78, 5) is 16.0. The minimum absolute atomic E-state index is 0.00363. The van der Waals surface area contributed by atoms with Gasteiger partial charge in [-0.05, 0) is 38.0 Å².